The number of esters is 1. The lowest BCUT2D eigenvalue weighted by atomic mass is 9.55. The molecule has 2 unspecified atom stereocenters. The van der Waals surface area contributed by atoms with Gasteiger partial charge in [-0.05, 0) is 59.9 Å². The number of imide groups is 1. The highest BCUT2D eigenvalue weighted by molar-refractivity contribution is 6.25. The van der Waals surface area contributed by atoms with Crippen molar-refractivity contribution in [3.05, 3.63) is 136 Å². The molecule has 0 spiro atoms. The van der Waals surface area contributed by atoms with E-state index in [1.165, 1.54) is 11.0 Å². The van der Waals surface area contributed by atoms with E-state index >= 15 is 0 Å². The average Bonchev–Trinajstić information content (AvgIpc) is 3.26. The average molecular weight is 542 g/mol. The van der Waals surface area contributed by atoms with Crippen LogP contribution in [-0.4, -0.2) is 30.2 Å². The molecular formula is C35H27NO5. The topological polar surface area (TPSA) is 80.8 Å². The molecule has 0 saturated carbocycles. The molecule has 0 aromatic heterocycles. The van der Waals surface area contributed by atoms with E-state index in [2.05, 4.69) is 24.3 Å². The number of benzene rings is 4. The van der Waals surface area contributed by atoms with Gasteiger partial charge in [0.2, 0.25) is 17.6 Å². The van der Waals surface area contributed by atoms with Crippen molar-refractivity contribution in [2.24, 2.45) is 11.8 Å². The van der Waals surface area contributed by atoms with Crippen LogP contribution in [0.3, 0.4) is 0 Å². The molecule has 4 aromatic rings. The highest BCUT2D eigenvalue weighted by Crippen LogP contribution is 2.61. The van der Waals surface area contributed by atoms with Crippen LogP contribution in [0.4, 0.5) is 5.69 Å². The summed E-state index contributed by atoms with van der Waals surface area (Å²) in [5, 5.41) is 0. The number of Topliss-reactive ketones (excluding diaryl/α,β-unsaturated/α-hetero) is 1. The molecule has 2 bridgehead atoms. The van der Waals surface area contributed by atoms with Crippen molar-refractivity contribution in [2.75, 3.05) is 11.5 Å². The van der Waals surface area contributed by atoms with Crippen molar-refractivity contribution in [2.45, 2.75) is 25.7 Å². The molecule has 4 aromatic carbocycles. The van der Waals surface area contributed by atoms with Gasteiger partial charge in [0.25, 0.3) is 0 Å². The number of ketones is 1. The van der Waals surface area contributed by atoms with E-state index in [1.54, 1.807) is 24.3 Å². The molecule has 1 saturated heterocycles. The molecule has 4 aliphatic rings. The van der Waals surface area contributed by atoms with E-state index in [9.17, 15) is 19.2 Å². The van der Waals surface area contributed by atoms with E-state index in [1.807, 2.05) is 50.2 Å². The standard InChI is InChI=1S/C35H27NO5/c1-19-15-16-20(2)26(17-19)28(37)18-41-35(40)25-13-7-8-14-27(25)36-33(38)31-29-21-9-3-4-10-22(21)30(32(31)34(36)39)24-12-6-5-11-23(24)29/h3-17,29-32H,18H2,1-2H3. The lowest BCUT2D eigenvalue weighted by Gasteiger charge is -2.45. The van der Waals surface area contributed by atoms with E-state index in [-0.39, 0.29) is 40.7 Å². The predicted molar refractivity (Wildman–Crippen MR) is 153 cm³/mol. The number of hydrogen-bond donors (Lipinski definition) is 0. The number of aryl methyl sites for hydroxylation is 2. The van der Waals surface area contributed by atoms with Gasteiger partial charge in [0.1, 0.15) is 0 Å². The van der Waals surface area contributed by atoms with Gasteiger partial charge in [0, 0.05) is 17.4 Å². The van der Waals surface area contributed by atoms with Crippen LogP contribution in [-0.2, 0) is 14.3 Å². The van der Waals surface area contributed by atoms with Gasteiger partial charge in [-0.25, -0.2) is 9.69 Å². The highest BCUT2D eigenvalue weighted by atomic mass is 16.5. The van der Waals surface area contributed by atoms with Gasteiger partial charge in [-0.2, -0.15) is 0 Å². The van der Waals surface area contributed by atoms with Gasteiger partial charge in [0.05, 0.1) is 23.1 Å². The number of anilines is 1. The lowest BCUT2D eigenvalue weighted by molar-refractivity contribution is -0.122. The van der Waals surface area contributed by atoms with Gasteiger partial charge in [0.15, 0.2) is 6.61 Å². The molecule has 0 N–H and O–H groups in total. The molecule has 8 rings (SSSR count). The molecule has 1 aliphatic heterocycles. The number of nitrogens with zero attached hydrogens (tertiary/aromatic N) is 1. The minimum absolute atomic E-state index is 0.0731. The molecule has 0 radical (unpaired) electrons. The summed E-state index contributed by atoms with van der Waals surface area (Å²) in [5.74, 6) is -3.31. The van der Waals surface area contributed by atoms with E-state index in [4.69, 9.17) is 4.74 Å². The zero-order valence-electron chi connectivity index (χ0n) is 22.7. The van der Waals surface area contributed by atoms with E-state index < -0.39 is 24.4 Å². The van der Waals surface area contributed by atoms with Crippen molar-refractivity contribution in [3.8, 4) is 0 Å². The normalized spacial score (nSPS) is 21.8. The molecule has 1 heterocycles. The third kappa shape index (κ3) is 3.70. The molecule has 6 nitrogen and oxygen atoms in total. The number of para-hydroxylation sites is 1. The number of carbonyl (C=O) groups excluding carboxylic acids is 4. The fourth-order valence-corrected chi connectivity index (χ4v) is 7.08. The molecule has 2 atom stereocenters. The number of hydrogen-bond acceptors (Lipinski definition) is 5. The summed E-state index contributed by atoms with van der Waals surface area (Å²) in [5.41, 5.74) is 6.81. The maximum absolute atomic E-state index is 14.2. The Morgan fingerprint density at radius 2 is 1.20 bits per heavy atom. The quantitative estimate of drug-likeness (QED) is 0.183. The zero-order chi connectivity index (χ0) is 28.4. The maximum Gasteiger partial charge on any atom is 0.340 e. The summed E-state index contributed by atoms with van der Waals surface area (Å²) in [6.45, 7) is 3.28. The lowest BCUT2D eigenvalue weighted by Crippen LogP contribution is -2.41. The van der Waals surface area contributed by atoms with Crippen molar-refractivity contribution in [1.29, 1.82) is 0 Å². The first kappa shape index (κ1) is 25.1. The largest absolute Gasteiger partial charge is 0.454 e. The van der Waals surface area contributed by atoms with Gasteiger partial charge < -0.3 is 4.74 Å². The second kappa shape index (κ2) is 9.37. The second-order valence-electron chi connectivity index (χ2n) is 11.1. The number of carbonyl (C=O) groups is 4. The van der Waals surface area contributed by atoms with E-state index in [0.717, 1.165) is 33.4 Å². The van der Waals surface area contributed by atoms with Gasteiger partial charge in [-0.3, -0.25) is 14.4 Å². The first-order chi connectivity index (χ1) is 19.9. The molecule has 202 valence electrons. The number of rotatable bonds is 5. The molecule has 1 fully saturated rings. The first-order valence-corrected chi connectivity index (χ1v) is 13.8. The van der Waals surface area contributed by atoms with Crippen LogP contribution >= 0.6 is 0 Å². The third-order valence-electron chi connectivity index (χ3n) is 8.84. The summed E-state index contributed by atoms with van der Waals surface area (Å²) in [6, 6.07) is 28.1. The molecule has 41 heavy (non-hydrogen) atoms. The molecule has 6 heteroatoms. The summed E-state index contributed by atoms with van der Waals surface area (Å²) in [7, 11) is 0. The van der Waals surface area contributed by atoms with Crippen LogP contribution < -0.4 is 4.90 Å². The van der Waals surface area contributed by atoms with E-state index in [0.29, 0.717) is 5.56 Å². The van der Waals surface area contributed by atoms with Crippen molar-refractivity contribution in [3.63, 3.8) is 0 Å². The van der Waals surface area contributed by atoms with Crippen molar-refractivity contribution >= 4 is 29.3 Å². The summed E-state index contributed by atoms with van der Waals surface area (Å²) in [4.78, 5) is 55.7. The SMILES string of the molecule is Cc1ccc(C)c(C(=O)COC(=O)c2ccccc2N2C(=O)C3C4c5ccccc5C(c5ccccc54)C3C2=O)c1. The second-order valence-corrected chi connectivity index (χ2v) is 11.1. The van der Waals surface area contributed by atoms with Crippen LogP contribution in [0.25, 0.3) is 0 Å². The Morgan fingerprint density at radius 1 is 0.683 bits per heavy atom. The van der Waals surface area contributed by atoms with Gasteiger partial charge >= 0.3 is 5.97 Å². The Kier molecular flexibility index (Phi) is 5.75. The highest BCUT2D eigenvalue weighted by Gasteiger charge is 2.62. The third-order valence-corrected chi connectivity index (χ3v) is 8.84. The summed E-state index contributed by atoms with van der Waals surface area (Å²) >= 11 is 0. The fraction of sp³-hybridized carbons (Fsp3) is 0.200. The monoisotopic (exact) mass is 541 g/mol. The minimum atomic E-state index is -0.760. The predicted octanol–water partition coefficient (Wildman–Crippen LogP) is 5.74. The van der Waals surface area contributed by atoms with Gasteiger partial charge in [-0.15, -0.1) is 0 Å². The number of amides is 2. The number of ether oxygens (including phenoxy) is 1. The fourth-order valence-electron chi connectivity index (χ4n) is 7.08. The van der Waals surface area contributed by atoms with Crippen LogP contribution in [0, 0.1) is 25.7 Å². The van der Waals surface area contributed by atoms with Crippen molar-refractivity contribution < 1.29 is 23.9 Å². The minimum Gasteiger partial charge on any atom is -0.454 e. The summed E-state index contributed by atoms with van der Waals surface area (Å²) < 4.78 is 5.45. The maximum atomic E-state index is 14.2. The van der Waals surface area contributed by atoms with Gasteiger partial charge in [-0.1, -0.05) is 78.4 Å². The van der Waals surface area contributed by atoms with Crippen molar-refractivity contribution in [1.82, 2.24) is 0 Å². The van der Waals surface area contributed by atoms with Crippen LogP contribution in [0.2, 0.25) is 0 Å². The molecular weight excluding hydrogens is 514 g/mol. The Labute approximate surface area is 237 Å². The Morgan fingerprint density at radius 3 is 1.76 bits per heavy atom. The Balaban J connectivity index is 1.22. The van der Waals surface area contributed by atoms with Crippen LogP contribution in [0.15, 0.2) is 91.0 Å². The smallest absolute Gasteiger partial charge is 0.340 e. The zero-order valence-corrected chi connectivity index (χ0v) is 22.7. The molecule has 3 aliphatic carbocycles. The molecule has 2 amide bonds. The Hall–Kier alpha value is -4.84. The van der Waals surface area contributed by atoms with Crippen LogP contribution in [0.5, 0.6) is 0 Å². The Bertz CT molecular complexity index is 1670. The van der Waals surface area contributed by atoms with Crippen LogP contribution in [0.1, 0.15) is 65.9 Å². The summed E-state index contributed by atoms with van der Waals surface area (Å²) in [6.07, 6.45) is 0. The first-order valence-electron chi connectivity index (χ1n) is 13.8.